The molecule has 1 fully saturated rings. The lowest BCUT2D eigenvalue weighted by molar-refractivity contribution is 0.137. The highest BCUT2D eigenvalue weighted by Gasteiger charge is 2.35. The molecule has 0 radical (unpaired) electrons. The van der Waals surface area contributed by atoms with Crippen LogP contribution in [-0.4, -0.2) is 31.8 Å². The largest absolute Gasteiger partial charge is 0.487 e. The molecule has 2 aliphatic heterocycles. The number of nitrogens with zero attached hydrogens (tertiary/aromatic N) is 2. The Bertz CT molecular complexity index is 921. The van der Waals surface area contributed by atoms with Crippen molar-refractivity contribution in [2.75, 3.05) is 36.0 Å². The van der Waals surface area contributed by atoms with Crippen LogP contribution in [0.1, 0.15) is 47.2 Å². The summed E-state index contributed by atoms with van der Waals surface area (Å²) in [7, 11) is 0. The maximum atomic E-state index is 6.30. The normalized spacial score (nSPS) is 18.2. The Kier molecular flexibility index (Phi) is 4.60. The fraction of sp³-hybridized carbons (Fsp3) is 0.520. The molecule has 0 N–H and O–H groups in total. The van der Waals surface area contributed by atoms with Crippen molar-refractivity contribution in [3.8, 4) is 5.75 Å². The van der Waals surface area contributed by atoms with Gasteiger partial charge < -0.3 is 14.5 Å². The number of anilines is 2. The second kappa shape index (κ2) is 6.72. The van der Waals surface area contributed by atoms with Gasteiger partial charge in [0, 0.05) is 49.5 Å². The average Bonchev–Trinajstić information content (AvgIpc) is 2.99. The van der Waals surface area contributed by atoms with E-state index < -0.39 is 0 Å². The van der Waals surface area contributed by atoms with Gasteiger partial charge in [-0.1, -0.05) is 6.07 Å². The van der Waals surface area contributed by atoms with E-state index in [4.69, 9.17) is 4.74 Å². The first kappa shape index (κ1) is 19.2. The third kappa shape index (κ3) is 3.15. The summed E-state index contributed by atoms with van der Waals surface area (Å²) < 4.78 is 6.30. The van der Waals surface area contributed by atoms with Crippen molar-refractivity contribution in [1.82, 2.24) is 0 Å². The second-order valence-corrected chi connectivity index (χ2v) is 9.31. The molecule has 0 spiro atoms. The van der Waals surface area contributed by atoms with Gasteiger partial charge in [-0.2, -0.15) is 0 Å². The molecule has 150 valence electrons. The minimum atomic E-state index is -0.0923. The summed E-state index contributed by atoms with van der Waals surface area (Å²) in [6, 6.07) is 6.85. The third-order valence-corrected chi connectivity index (χ3v) is 6.77. The zero-order valence-electron chi connectivity index (χ0n) is 18.6. The van der Waals surface area contributed by atoms with Gasteiger partial charge in [0.1, 0.15) is 11.4 Å². The first-order valence-corrected chi connectivity index (χ1v) is 10.6. The van der Waals surface area contributed by atoms with E-state index >= 15 is 0 Å². The topological polar surface area (TPSA) is 15.7 Å². The molecule has 0 aromatic heterocycles. The van der Waals surface area contributed by atoms with Crippen molar-refractivity contribution in [1.29, 1.82) is 0 Å². The highest BCUT2D eigenvalue weighted by atomic mass is 16.5. The van der Waals surface area contributed by atoms with E-state index in [0.717, 1.165) is 38.3 Å². The number of piperazine rings is 1. The van der Waals surface area contributed by atoms with Crippen molar-refractivity contribution < 1.29 is 4.74 Å². The van der Waals surface area contributed by atoms with E-state index in [1.165, 1.54) is 44.8 Å². The summed E-state index contributed by atoms with van der Waals surface area (Å²) >= 11 is 0. The van der Waals surface area contributed by atoms with Gasteiger partial charge in [0.25, 0.3) is 0 Å². The molecule has 2 aliphatic rings. The Balaban J connectivity index is 1.59. The number of ether oxygens (including phenoxy) is 1. The minimum absolute atomic E-state index is 0.0923. The fourth-order valence-electron chi connectivity index (χ4n) is 4.84. The Morgan fingerprint density at radius 1 is 0.786 bits per heavy atom. The van der Waals surface area contributed by atoms with Crippen LogP contribution in [0.4, 0.5) is 11.4 Å². The molecular weight excluding hydrogens is 344 g/mol. The van der Waals surface area contributed by atoms with Crippen molar-refractivity contribution in [2.24, 2.45) is 0 Å². The smallest absolute Gasteiger partial charge is 0.127 e. The van der Waals surface area contributed by atoms with Crippen LogP contribution in [0.2, 0.25) is 0 Å². The summed E-state index contributed by atoms with van der Waals surface area (Å²) in [5.41, 5.74) is 11.0. The molecule has 0 saturated carbocycles. The second-order valence-electron chi connectivity index (χ2n) is 9.31. The van der Waals surface area contributed by atoms with Gasteiger partial charge in [0.05, 0.1) is 0 Å². The molecular formula is C25H34N2O. The van der Waals surface area contributed by atoms with E-state index in [9.17, 15) is 0 Å². The standard InChI is InChI=1S/C25H34N2O/c1-16-8-9-21(14-17(16)2)26-10-12-27(13-11-26)23-18(3)19(4)24-22(20(23)5)15-25(6,7)28-24/h8-9,14H,10-13,15H2,1-7H3. The highest BCUT2D eigenvalue weighted by molar-refractivity contribution is 5.70. The molecule has 0 aliphatic carbocycles. The first-order chi connectivity index (χ1) is 13.2. The monoisotopic (exact) mass is 378 g/mol. The molecule has 28 heavy (non-hydrogen) atoms. The van der Waals surface area contributed by atoms with Gasteiger partial charge in [-0.15, -0.1) is 0 Å². The molecule has 3 nitrogen and oxygen atoms in total. The van der Waals surface area contributed by atoms with Crippen LogP contribution >= 0.6 is 0 Å². The van der Waals surface area contributed by atoms with Crippen LogP contribution in [0.5, 0.6) is 5.75 Å². The van der Waals surface area contributed by atoms with E-state index in [2.05, 4.69) is 76.5 Å². The van der Waals surface area contributed by atoms with Gasteiger partial charge in [0.15, 0.2) is 0 Å². The molecule has 0 atom stereocenters. The average molecular weight is 379 g/mol. The number of hydrogen-bond acceptors (Lipinski definition) is 3. The summed E-state index contributed by atoms with van der Waals surface area (Å²) in [4.78, 5) is 5.13. The number of hydrogen-bond donors (Lipinski definition) is 0. The van der Waals surface area contributed by atoms with E-state index in [1.54, 1.807) is 0 Å². The first-order valence-electron chi connectivity index (χ1n) is 10.6. The third-order valence-electron chi connectivity index (χ3n) is 6.77. The van der Waals surface area contributed by atoms with Gasteiger partial charge in [-0.05, 0) is 88.4 Å². The van der Waals surface area contributed by atoms with Gasteiger partial charge in [-0.25, -0.2) is 0 Å². The fourth-order valence-corrected chi connectivity index (χ4v) is 4.84. The number of fused-ring (bicyclic) bond motifs is 1. The molecule has 0 amide bonds. The molecule has 1 saturated heterocycles. The Morgan fingerprint density at radius 3 is 2.07 bits per heavy atom. The Labute approximate surface area is 170 Å². The lowest BCUT2D eigenvalue weighted by Crippen LogP contribution is -2.47. The van der Waals surface area contributed by atoms with Crippen molar-refractivity contribution in [2.45, 2.75) is 60.5 Å². The van der Waals surface area contributed by atoms with Crippen LogP contribution in [0.25, 0.3) is 0 Å². The molecule has 3 heteroatoms. The van der Waals surface area contributed by atoms with Crippen LogP contribution in [0, 0.1) is 34.6 Å². The van der Waals surface area contributed by atoms with E-state index in [0.29, 0.717) is 0 Å². The summed E-state index contributed by atoms with van der Waals surface area (Å²) in [6.07, 6.45) is 1.00. The maximum Gasteiger partial charge on any atom is 0.127 e. The number of aryl methyl sites for hydroxylation is 2. The Hall–Kier alpha value is -2.16. The lowest BCUT2D eigenvalue weighted by atomic mass is 9.91. The summed E-state index contributed by atoms with van der Waals surface area (Å²) in [5, 5.41) is 0. The zero-order valence-corrected chi connectivity index (χ0v) is 18.6. The summed E-state index contributed by atoms with van der Waals surface area (Å²) in [5.74, 6) is 1.14. The predicted octanol–water partition coefficient (Wildman–Crippen LogP) is 5.27. The molecule has 2 aromatic rings. The number of rotatable bonds is 2. The highest BCUT2D eigenvalue weighted by Crippen LogP contribution is 2.45. The van der Waals surface area contributed by atoms with Crippen molar-refractivity contribution in [3.63, 3.8) is 0 Å². The Morgan fingerprint density at radius 2 is 1.43 bits per heavy atom. The van der Waals surface area contributed by atoms with Gasteiger partial charge in [-0.3, -0.25) is 0 Å². The van der Waals surface area contributed by atoms with Gasteiger partial charge >= 0.3 is 0 Å². The summed E-state index contributed by atoms with van der Waals surface area (Å²) in [6.45, 7) is 19.8. The molecule has 2 aromatic carbocycles. The maximum absolute atomic E-state index is 6.30. The van der Waals surface area contributed by atoms with E-state index in [-0.39, 0.29) is 5.60 Å². The lowest BCUT2D eigenvalue weighted by Gasteiger charge is -2.39. The van der Waals surface area contributed by atoms with Crippen molar-refractivity contribution in [3.05, 3.63) is 51.6 Å². The quantitative estimate of drug-likeness (QED) is 0.708. The van der Waals surface area contributed by atoms with Crippen LogP contribution < -0.4 is 14.5 Å². The molecule has 4 rings (SSSR count). The molecule has 2 heterocycles. The zero-order chi connectivity index (χ0) is 20.2. The molecule has 0 unspecified atom stereocenters. The van der Waals surface area contributed by atoms with E-state index in [1.807, 2.05) is 0 Å². The van der Waals surface area contributed by atoms with Gasteiger partial charge in [0.2, 0.25) is 0 Å². The van der Waals surface area contributed by atoms with Crippen LogP contribution in [-0.2, 0) is 6.42 Å². The molecule has 0 bridgehead atoms. The van der Waals surface area contributed by atoms with Crippen LogP contribution in [0.15, 0.2) is 18.2 Å². The predicted molar refractivity (Wildman–Crippen MR) is 119 cm³/mol. The van der Waals surface area contributed by atoms with Crippen molar-refractivity contribution >= 4 is 11.4 Å². The minimum Gasteiger partial charge on any atom is -0.487 e. The number of benzene rings is 2. The SMILES string of the molecule is Cc1ccc(N2CCN(c3c(C)c(C)c4c(c3C)CC(C)(C)O4)CC2)cc1C. The van der Waals surface area contributed by atoms with Crippen LogP contribution in [0.3, 0.4) is 0 Å².